The van der Waals surface area contributed by atoms with Gasteiger partial charge in [-0.2, -0.15) is 5.26 Å². The average molecular weight is 366 g/mol. The molecule has 1 aromatic heterocycles. The molecule has 0 unspecified atom stereocenters. The molecule has 8 heteroatoms. The smallest absolute Gasteiger partial charge is 0.280 e. The number of hydrogen-bond donors (Lipinski definition) is 0. The van der Waals surface area contributed by atoms with Crippen molar-refractivity contribution in [1.29, 1.82) is 5.26 Å². The van der Waals surface area contributed by atoms with Crippen molar-refractivity contribution in [3.63, 3.8) is 0 Å². The van der Waals surface area contributed by atoms with Gasteiger partial charge in [0.25, 0.3) is 5.69 Å². The van der Waals surface area contributed by atoms with Gasteiger partial charge in [0, 0.05) is 0 Å². The van der Waals surface area contributed by atoms with Gasteiger partial charge in [0.05, 0.1) is 40.2 Å². The number of fused-ring (bicyclic) bond motifs is 1. The Kier molecular flexibility index (Phi) is 4.68. The highest BCUT2D eigenvalue weighted by atomic mass is 19.1. The maximum Gasteiger partial charge on any atom is 0.280 e. The van der Waals surface area contributed by atoms with Crippen LogP contribution in [0.4, 0.5) is 10.1 Å². The first kappa shape index (κ1) is 17.8. The molecule has 0 bridgehead atoms. The minimum Gasteiger partial charge on any atom is -0.497 e. The summed E-state index contributed by atoms with van der Waals surface area (Å²) in [5.74, 6) is -0.356. The number of nitro groups is 1. The zero-order valence-electron chi connectivity index (χ0n) is 13.9. The van der Waals surface area contributed by atoms with Crippen LogP contribution in [0.3, 0.4) is 0 Å². The van der Waals surface area contributed by atoms with Gasteiger partial charge in [0.2, 0.25) is 0 Å². The van der Waals surface area contributed by atoms with E-state index in [1.54, 1.807) is 12.1 Å². The molecule has 2 aromatic carbocycles. The van der Waals surface area contributed by atoms with Crippen LogP contribution >= 0.6 is 0 Å². The van der Waals surface area contributed by atoms with E-state index in [0.717, 1.165) is 18.4 Å². The Labute approximate surface area is 151 Å². The van der Waals surface area contributed by atoms with Crippen molar-refractivity contribution in [2.75, 3.05) is 7.11 Å². The highest BCUT2D eigenvalue weighted by Gasteiger charge is 2.19. The van der Waals surface area contributed by atoms with E-state index in [9.17, 15) is 24.6 Å². The third-order valence-corrected chi connectivity index (χ3v) is 3.87. The number of halogens is 1. The summed E-state index contributed by atoms with van der Waals surface area (Å²) in [7, 11) is 1.45. The molecule has 134 valence electrons. The van der Waals surface area contributed by atoms with Crippen LogP contribution in [0.1, 0.15) is 11.1 Å². The third kappa shape index (κ3) is 3.39. The van der Waals surface area contributed by atoms with Crippen LogP contribution in [0.25, 0.3) is 22.6 Å². The molecule has 3 aromatic rings. The fourth-order valence-electron chi connectivity index (χ4n) is 2.56. The summed E-state index contributed by atoms with van der Waals surface area (Å²) < 4.78 is 23.8. The first-order valence-corrected chi connectivity index (χ1v) is 7.60. The molecule has 3 rings (SSSR count). The molecule has 0 saturated carbocycles. The van der Waals surface area contributed by atoms with Crippen LogP contribution in [0.5, 0.6) is 5.75 Å². The number of ether oxygens (including phenoxy) is 1. The fraction of sp³-hybridized carbons (Fsp3) is 0.0526. The quantitative estimate of drug-likeness (QED) is 0.394. The van der Waals surface area contributed by atoms with E-state index in [-0.39, 0.29) is 22.1 Å². The topological polar surface area (TPSA) is 106 Å². The van der Waals surface area contributed by atoms with Gasteiger partial charge >= 0.3 is 0 Å². The highest BCUT2D eigenvalue weighted by Crippen LogP contribution is 2.28. The summed E-state index contributed by atoms with van der Waals surface area (Å²) >= 11 is 0. The summed E-state index contributed by atoms with van der Waals surface area (Å²) in [6.07, 6.45) is 2.33. The van der Waals surface area contributed by atoms with Crippen LogP contribution in [0.2, 0.25) is 0 Å². The number of methoxy groups -OCH3 is 1. The lowest BCUT2D eigenvalue weighted by Crippen LogP contribution is -2.05. The van der Waals surface area contributed by atoms with E-state index in [0.29, 0.717) is 17.4 Å². The largest absolute Gasteiger partial charge is 0.497 e. The van der Waals surface area contributed by atoms with Crippen molar-refractivity contribution in [2.45, 2.75) is 0 Å². The Hall–Kier alpha value is -3.99. The normalized spacial score (nSPS) is 11.2. The average Bonchev–Trinajstić information content (AvgIpc) is 2.67. The number of hydrogen-bond acceptors (Lipinski definition) is 6. The SMILES string of the molecule is COc1ccc2occ(/C=C(\C#N)c3ccc(F)cc3[N+](=O)[O-])c(=O)c2c1. The predicted octanol–water partition coefficient (Wildman–Crippen LogP) is 3.91. The second-order valence-electron chi connectivity index (χ2n) is 5.47. The summed E-state index contributed by atoms with van der Waals surface area (Å²) in [5, 5.41) is 20.8. The molecule has 0 amide bonds. The monoisotopic (exact) mass is 366 g/mol. The highest BCUT2D eigenvalue weighted by molar-refractivity contribution is 5.93. The van der Waals surface area contributed by atoms with Crippen LogP contribution in [0.15, 0.2) is 51.9 Å². The molecule has 0 spiro atoms. The van der Waals surface area contributed by atoms with Crippen molar-refractivity contribution in [3.8, 4) is 11.8 Å². The van der Waals surface area contributed by atoms with E-state index in [2.05, 4.69) is 0 Å². The van der Waals surface area contributed by atoms with Crippen LogP contribution in [0, 0.1) is 27.3 Å². The molecule has 7 nitrogen and oxygen atoms in total. The van der Waals surface area contributed by atoms with E-state index >= 15 is 0 Å². The van der Waals surface area contributed by atoms with Gasteiger partial charge in [-0.15, -0.1) is 0 Å². The van der Waals surface area contributed by atoms with Gasteiger partial charge in [-0.3, -0.25) is 14.9 Å². The van der Waals surface area contributed by atoms with Crippen LogP contribution in [-0.4, -0.2) is 12.0 Å². The molecule has 0 atom stereocenters. The molecule has 0 aliphatic carbocycles. The number of nitriles is 1. The summed E-state index contributed by atoms with van der Waals surface area (Å²) in [5.41, 5.74) is -0.942. The van der Waals surface area contributed by atoms with E-state index in [1.807, 2.05) is 6.07 Å². The molecule has 0 N–H and O–H groups in total. The number of rotatable bonds is 4. The van der Waals surface area contributed by atoms with Crippen LogP contribution in [-0.2, 0) is 0 Å². The van der Waals surface area contributed by atoms with Gasteiger partial charge in [-0.25, -0.2) is 4.39 Å². The van der Waals surface area contributed by atoms with Gasteiger partial charge in [0.15, 0.2) is 5.43 Å². The Morgan fingerprint density at radius 2 is 2.11 bits per heavy atom. The van der Waals surface area contributed by atoms with E-state index in [4.69, 9.17) is 9.15 Å². The second kappa shape index (κ2) is 7.09. The standard InChI is InChI=1S/C19H11FN2O5/c1-26-14-3-5-18-16(8-14)19(23)12(10-27-18)6-11(9-21)15-4-2-13(20)7-17(15)22(24)25/h2-8,10H,1H3/b11-6+. The molecular formula is C19H11FN2O5. The first-order chi connectivity index (χ1) is 12.9. The second-order valence-corrected chi connectivity index (χ2v) is 5.47. The minimum absolute atomic E-state index is 0.0194. The summed E-state index contributed by atoms with van der Waals surface area (Å²) in [6, 6.07) is 9.33. The van der Waals surface area contributed by atoms with E-state index in [1.165, 1.54) is 19.3 Å². The Morgan fingerprint density at radius 3 is 2.78 bits per heavy atom. The van der Waals surface area contributed by atoms with Crippen LogP contribution < -0.4 is 10.2 Å². The lowest BCUT2D eigenvalue weighted by atomic mass is 10.0. The number of allylic oxidation sites excluding steroid dienone is 1. The minimum atomic E-state index is -0.806. The number of benzene rings is 2. The molecule has 1 heterocycles. The summed E-state index contributed by atoms with van der Waals surface area (Å²) in [6.45, 7) is 0. The number of nitro benzene ring substituents is 1. The Morgan fingerprint density at radius 1 is 1.33 bits per heavy atom. The molecule has 0 radical (unpaired) electrons. The van der Waals surface area contributed by atoms with E-state index < -0.39 is 21.9 Å². The molecule has 0 fully saturated rings. The molecular weight excluding hydrogens is 355 g/mol. The van der Waals surface area contributed by atoms with Gasteiger partial charge < -0.3 is 9.15 Å². The van der Waals surface area contributed by atoms with Crippen molar-refractivity contribution in [2.24, 2.45) is 0 Å². The van der Waals surface area contributed by atoms with Crippen molar-refractivity contribution in [3.05, 3.63) is 79.9 Å². The first-order valence-electron chi connectivity index (χ1n) is 7.60. The molecule has 27 heavy (non-hydrogen) atoms. The third-order valence-electron chi connectivity index (χ3n) is 3.87. The van der Waals surface area contributed by atoms with Gasteiger partial charge in [-0.1, -0.05) is 0 Å². The predicted molar refractivity (Wildman–Crippen MR) is 95.6 cm³/mol. The molecule has 0 aliphatic heterocycles. The number of nitrogens with zero attached hydrogens (tertiary/aromatic N) is 2. The van der Waals surface area contributed by atoms with Crippen molar-refractivity contribution < 1.29 is 18.5 Å². The lowest BCUT2D eigenvalue weighted by Gasteiger charge is -2.04. The Bertz CT molecular complexity index is 1190. The van der Waals surface area contributed by atoms with Gasteiger partial charge in [0.1, 0.15) is 29.5 Å². The van der Waals surface area contributed by atoms with Crippen molar-refractivity contribution in [1.82, 2.24) is 0 Å². The molecule has 0 saturated heterocycles. The molecule has 0 aliphatic rings. The zero-order valence-corrected chi connectivity index (χ0v) is 13.9. The maximum absolute atomic E-state index is 13.3. The fourth-order valence-corrected chi connectivity index (χ4v) is 2.56. The zero-order chi connectivity index (χ0) is 19.6. The van der Waals surface area contributed by atoms with Crippen molar-refractivity contribution >= 4 is 28.3 Å². The lowest BCUT2D eigenvalue weighted by molar-refractivity contribution is -0.385. The summed E-state index contributed by atoms with van der Waals surface area (Å²) in [4.78, 5) is 23.1. The van der Waals surface area contributed by atoms with Gasteiger partial charge in [-0.05, 0) is 36.4 Å². The maximum atomic E-state index is 13.3. The Balaban J connectivity index is 2.21.